The number of carbonyl (C=O) groups is 1. The number of rotatable bonds is 6. The van der Waals surface area contributed by atoms with Crippen LogP contribution in [-0.2, 0) is 12.4 Å². The summed E-state index contributed by atoms with van der Waals surface area (Å²) in [5, 5.41) is 5.81. The molecular weight excluding hydrogens is 442 g/mol. The maximum Gasteiger partial charge on any atom is 0.434 e. The predicted molar refractivity (Wildman–Crippen MR) is 100 cm³/mol. The maximum absolute atomic E-state index is 13.6. The van der Waals surface area contributed by atoms with E-state index in [2.05, 4.69) is 15.4 Å². The molecule has 0 radical (unpaired) electrons. The van der Waals surface area contributed by atoms with Gasteiger partial charge < -0.3 is 10.1 Å². The largest absolute Gasteiger partial charge is 0.492 e. The highest BCUT2D eigenvalue weighted by Crippen LogP contribution is 2.34. The number of carbonyl (C=O) groups excluding carboxylic acids is 1. The Morgan fingerprint density at radius 2 is 1.69 bits per heavy atom. The minimum atomic E-state index is -5.02. The zero-order chi connectivity index (χ0) is 23.5. The number of hydrogen-bond acceptors (Lipinski definition) is 4. The predicted octanol–water partition coefficient (Wildman–Crippen LogP) is 4.42. The highest BCUT2D eigenvalue weighted by molar-refractivity contribution is 5.95. The van der Waals surface area contributed by atoms with Crippen LogP contribution in [0.2, 0.25) is 0 Å². The normalized spacial score (nSPS) is 12.0. The lowest BCUT2D eigenvalue weighted by Crippen LogP contribution is -2.30. The van der Waals surface area contributed by atoms with Gasteiger partial charge >= 0.3 is 12.4 Å². The lowest BCUT2D eigenvalue weighted by atomic mass is 10.2. The van der Waals surface area contributed by atoms with Crippen LogP contribution in [0.3, 0.4) is 0 Å². The topological polar surface area (TPSA) is 69.0 Å². The first kappa shape index (κ1) is 23.1. The van der Waals surface area contributed by atoms with E-state index in [1.54, 1.807) is 12.1 Å². The number of aromatic nitrogens is 3. The third-order valence-corrected chi connectivity index (χ3v) is 4.25. The lowest BCUT2D eigenvalue weighted by Gasteiger charge is -2.13. The van der Waals surface area contributed by atoms with Crippen LogP contribution in [0.5, 0.6) is 5.75 Å². The summed E-state index contributed by atoms with van der Waals surface area (Å²) in [5.74, 6) is -1.06. The standard InChI is InChI=1S/C20H16F6N4O2/c1-12-2-5-14(6-3-12)32-9-8-27-18(31)15-11-29-30(17(15)20(24,25)26)16-7-4-13(10-28-16)19(21,22)23/h2-7,10-11H,8-9H2,1H3,(H,27,31). The number of nitrogens with zero attached hydrogens (tertiary/aromatic N) is 3. The summed E-state index contributed by atoms with van der Waals surface area (Å²) in [6.45, 7) is 1.81. The van der Waals surface area contributed by atoms with Crippen molar-refractivity contribution in [2.45, 2.75) is 19.3 Å². The maximum atomic E-state index is 13.6. The van der Waals surface area contributed by atoms with Gasteiger partial charge in [-0.25, -0.2) is 9.67 Å². The van der Waals surface area contributed by atoms with E-state index < -0.39 is 40.9 Å². The van der Waals surface area contributed by atoms with E-state index in [4.69, 9.17) is 4.74 Å². The first-order valence-corrected chi connectivity index (χ1v) is 9.13. The molecular formula is C20H16F6N4O2. The van der Waals surface area contributed by atoms with Crippen LogP contribution in [0.1, 0.15) is 27.2 Å². The molecule has 0 aliphatic carbocycles. The van der Waals surface area contributed by atoms with Crippen LogP contribution in [-0.4, -0.2) is 33.8 Å². The van der Waals surface area contributed by atoms with Gasteiger partial charge in [0, 0.05) is 6.20 Å². The van der Waals surface area contributed by atoms with Crippen molar-refractivity contribution in [1.29, 1.82) is 0 Å². The average molecular weight is 458 g/mol. The van der Waals surface area contributed by atoms with E-state index >= 15 is 0 Å². The zero-order valence-corrected chi connectivity index (χ0v) is 16.5. The molecule has 32 heavy (non-hydrogen) atoms. The quantitative estimate of drug-likeness (QED) is 0.439. The molecule has 0 bridgehead atoms. The van der Waals surface area contributed by atoms with Crippen LogP contribution in [0.4, 0.5) is 26.3 Å². The smallest absolute Gasteiger partial charge is 0.434 e. The Labute approximate surface area is 177 Å². The molecule has 12 heteroatoms. The summed E-state index contributed by atoms with van der Waals surface area (Å²) in [5.41, 5.74) is -2.37. The molecule has 170 valence electrons. The van der Waals surface area contributed by atoms with Crippen LogP contribution in [0, 0.1) is 6.92 Å². The van der Waals surface area contributed by atoms with Crippen molar-refractivity contribution < 1.29 is 35.9 Å². The van der Waals surface area contributed by atoms with E-state index in [0.29, 0.717) is 24.2 Å². The third-order valence-electron chi connectivity index (χ3n) is 4.25. The first-order valence-electron chi connectivity index (χ1n) is 9.13. The second-order valence-electron chi connectivity index (χ2n) is 6.64. The molecule has 0 spiro atoms. The Kier molecular flexibility index (Phi) is 6.42. The number of alkyl halides is 6. The van der Waals surface area contributed by atoms with Crippen molar-refractivity contribution in [2.24, 2.45) is 0 Å². The Morgan fingerprint density at radius 1 is 1.00 bits per heavy atom. The van der Waals surface area contributed by atoms with Crippen LogP contribution >= 0.6 is 0 Å². The number of pyridine rings is 1. The minimum absolute atomic E-state index is 0.00471. The van der Waals surface area contributed by atoms with Gasteiger partial charge in [0.1, 0.15) is 12.4 Å². The molecule has 1 aromatic carbocycles. The minimum Gasteiger partial charge on any atom is -0.492 e. The molecule has 0 aliphatic rings. The van der Waals surface area contributed by atoms with Crippen LogP contribution < -0.4 is 10.1 Å². The molecule has 0 unspecified atom stereocenters. The summed E-state index contributed by atoms with van der Waals surface area (Å²) >= 11 is 0. The Balaban J connectivity index is 1.74. The molecule has 0 saturated carbocycles. The fourth-order valence-electron chi connectivity index (χ4n) is 2.70. The van der Waals surface area contributed by atoms with Crippen molar-refractivity contribution in [3.05, 3.63) is 71.2 Å². The lowest BCUT2D eigenvalue weighted by molar-refractivity contribution is -0.143. The third kappa shape index (κ3) is 5.37. The number of amides is 1. The summed E-state index contributed by atoms with van der Waals surface area (Å²) in [6.07, 6.45) is -8.65. The van der Waals surface area contributed by atoms with E-state index in [9.17, 15) is 31.1 Å². The number of benzene rings is 1. The summed E-state index contributed by atoms with van der Waals surface area (Å²) < 4.78 is 84.6. The fourth-order valence-corrected chi connectivity index (χ4v) is 2.70. The molecule has 0 fully saturated rings. The van der Waals surface area contributed by atoms with Crippen molar-refractivity contribution >= 4 is 5.91 Å². The van der Waals surface area contributed by atoms with E-state index in [0.717, 1.165) is 11.6 Å². The molecule has 3 rings (SSSR count). The van der Waals surface area contributed by atoms with Crippen molar-refractivity contribution in [2.75, 3.05) is 13.2 Å². The second kappa shape index (κ2) is 8.89. The molecule has 0 aliphatic heterocycles. The number of nitrogens with one attached hydrogen (secondary N) is 1. The van der Waals surface area contributed by atoms with Gasteiger partial charge in [-0.3, -0.25) is 4.79 Å². The number of hydrogen-bond donors (Lipinski definition) is 1. The zero-order valence-electron chi connectivity index (χ0n) is 16.5. The van der Waals surface area contributed by atoms with Gasteiger partial charge in [0.05, 0.1) is 23.9 Å². The van der Waals surface area contributed by atoms with Gasteiger partial charge in [0.15, 0.2) is 11.5 Å². The van der Waals surface area contributed by atoms with Crippen molar-refractivity contribution in [3.63, 3.8) is 0 Å². The van der Waals surface area contributed by atoms with Gasteiger partial charge in [-0.05, 0) is 31.2 Å². The van der Waals surface area contributed by atoms with Crippen LogP contribution in [0.25, 0.3) is 5.82 Å². The van der Waals surface area contributed by atoms with Gasteiger partial charge in [0.2, 0.25) is 0 Å². The van der Waals surface area contributed by atoms with Gasteiger partial charge in [0.25, 0.3) is 5.91 Å². The van der Waals surface area contributed by atoms with E-state index in [-0.39, 0.29) is 17.8 Å². The van der Waals surface area contributed by atoms with Gasteiger partial charge in [-0.2, -0.15) is 31.4 Å². The molecule has 2 heterocycles. The number of halogens is 6. The van der Waals surface area contributed by atoms with Crippen molar-refractivity contribution in [1.82, 2.24) is 20.1 Å². The molecule has 0 atom stereocenters. The Bertz CT molecular complexity index is 1070. The molecule has 2 aromatic heterocycles. The van der Waals surface area contributed by atoms with E-state index in [1.165, 1.54) is 0 Å². The average Bonchev–Trinajstić information content (AvgIpc) is 3.18. The highest BCUT2D eigenvalue weighted by Gasteiger charge is 2.41. The van der Waals surface area contributed by atoms with Gasteiger partial charge in [-0.15, -0.1) is 0 Å². The highest BCUT2D eigenvalue weighted by atomic mass is 19.4. The summed E-state index contributed by atoms with van der Waals surface area (Å²) in [4.78, 5) is 15.7. The molecule has 6 nitrogen and oxygen atoms in total. The Hall–Kier alpha value is -3.57. The fraction of sp³-hybridized carbons (Fsp3) is 0.250. The summed E-state index contributed by atoms with van der Waals surface area (Å²) in [6, 6.07) is 8.36. The first-order chi connectivity index (χ1) is 15.0. The van der Waals surface area contributed by atoms with Crippen molar-refractivity contribution in [3.8, 4) is 11.6 Å². The SMILES string of the molecule is Cc1ccc(OCCNC(=O)c2cnn(-c3ccc(C(F)(F)F)cn3)c2C(F)(F)F)cc1. The van der Waals surface area contributed by atoms with Crippen LogP contribution in [0.15, 0.2) is 48.8 Å². The molecule has 1 amide bonds. The Morgan fingerprint density at radius 3 is 2.25 bits per heavy atom. The second-order valence-corrected chi connectivity index (χ2v) is 6.64. The molecule has 3 aromatic rings. The summed E-state index contributed by atoms with van der Waals surface area (Å²) in [7, 11) is 0. The van der Waals surface area contributed by atoms with E-state index in [1.807, 2.05) is 19.1 Å². The number of aryl methyl sites for hydroxylation is 1. The van der Waals surface area contributed by atoms with Gasteiger partial charge in [-0.1, -0.05) is 17.7 Å². The monoisotopic (exact) mass is 458 g/mol. The molecule has 0 saturated heterocycles. The molecule has 1 N–H and O–H groups in total. The number of ether oxygens (including phenoxy) is 1.